The minimum absolute atomic E-state index is 0.146. The number of carbonyl (C=O) groups excluding carboxylic acids is 1. The summed E-state index contributed by atoms with van der Waals surface area (Å²) in [6.45, 7) is 2.68. The van der Waals surface area contributed by atoms with Gasteiger partial charge in [-0.2, -0.15) is 12.7 Å². The van der Waals surface area contributed by atoms with Crippen molar-refractivity contribution in [1.29, 1.82) is 0 Å². The summed E-state index contributed by atoms with van der Waals surface area (Å²) in [6, 6.07) is 0. The lowest BCUT2D eigenvalue weighted by atomic mass is 9.97. The number of hydrogen-bond acceptors (Lipinski definition) is 4. The van der Waals surface area contributed by atoms with Crippen LogP contribution in [-0.4, -0.2) is 43.8 Å². The molecule has 1 rings (SSSR count). The van der Waals surface area contributed by atoms with Crippen molar-refractivity contribution in [3.8, 4) is 0 Å². The molecule has 0 bridgehead atoms. The number of rotatable bonds is 5. The largest absolute Gasteiger partial charge is 0.449 e. The van der Waals surface area contributed by atoms with Crippen LogP contribution in [0.2, 0.25) is 0 Å². The molecule has 1 amide bonds. The highest BCUT2D eigenvalue weighted by atomic mass is 79.9. The first-order chi connectivity index (χ1) is 8.49. The van der Waals surface area contributed by atoms with E-state index in [1.54, 1.807) is 6.92 Å². The van der Waals surface area contributed by atoms with Crippen molar-refractivity contribution < 1.29 is 17.9 Å². The highest BCUT2D eigenvalue weighted by Crippen LogP contribution is 2.21. The SMILES string of the molecule is CCOC(=O)NS(=O)(=O)N1CCCC(CCBr)C1. The quantitative estimate of drug-likeness (QED) is 0.767. The average molecular weight is 343 g/mol. The van der Waals surface area contributed by atoms with E-state index in [1.165, 1.54) is 4.31 Å². The Bertz CT molecular complexity index is 372. The normalized spacial score (nSPS) is 21.6. The fourth-order valence-corrected chi connectivity index (χ4v) is 3.79. The summed E-state index contributed by atoms with van der Waals surface area (Å²) in [5, 5.41) is 0.858. The van der Waals surface area contributed by atoms with E-state index in [9.17, 15) is 13.2 Å². The molecule has 0 aromatic carbocycles. The van der Waals surface area contributed by atoms with Crippen LogP contribution in [0.15, 0.2) is 0 Å². The maximum absolute atomic E-state index is 11.9. The molecule has 1 aliphatic heterocycles. The molecule has 1 fully saturated rings. The number of nitrogens with one attached hydrogen (secondary N) is 1. The van der Waals surface area contributed by atoms with Gasteiger partial charge in [-0.25, -0.2) is 9.52 Å². The molecule has 0 aromatic heterocycles. The van der Waals surface area contributed by atoms with E-state index >= 15 is 0 Å². The Kier molecular flexibility index (Phi) is 6.37. The van der Waals surface area contributed by atoms with Crippen LogP contribution < -0.4 is 4.72 Å². The highest BCUT2D eigenvalue weighted by molar-refractivity contribution is 9.09. The van der Waals surface area contributed by atoms with Gasteiger partial charge in [0.05, 0.1) is 6.61 Å². The Balaban J connectivity index is 2.58. The van der Waals surface area contributed by atoms with Gasteiger partial charge in [0.2, 0.25) is 0 Å². The Labute approximate surface area is 116 Å². The molecular weight excluding hydrogens is 324 g/mol. The highest BCUT2D eigenvalue weighted by Gasteiger charge is 2.30. The third-order valence-electron chi connectivity index (χ3n) is 2.83. The molecule has 1 heterocycles. The third kappa shape index (κ3) is 4.74. The molecule has 106 valence electrons. The number of hydrogen-bond donors (Lipinski definition) is 1. The fraction of sp³-hybridized carbons (Fsp3) is 0.900. The van der Waals surface area contributed by atoms with Crippen LogP contribution in [0.3, 0.4) is 0 Å². The lowest BCUT2D eigenvalue weighted by Gasteiger charge is -2.31. The van der Waals surface area contributed by atoms with Gasteiger partial charge in [-0.3, -0.25) is 0 Å². The molecule has 1 atom stereocenters. The summed E-state index contributed by atoms with van der Waals surface area (Å²) in [7, 11) is -3.76. The molecule has 0 aliphatic carbocycles. The van der Waals surface area contributed by atoms with Crippen LogP contribution in [0.4, 0.5) is 4.79 Å². The van der Waals surface area contributed by atoms with Crippen LogP contribution in [0, 0.1) is 5.92 Å². The molecule has 1 saturated heterocycles. The molecule has 1 N–H and O–H groups in total. The van der Waals surface area contributed by atoms with Gasteiger partial charge in [-0.15, -0.1) is 0 Å². The zero-order valence-electron chi connectivity index (χ0n) is 10.4. The van der Waals surface area contributed by atoms with E-state index in [2.05, 4.69) is 20.7 Å². The van der Waals surface area contributed by atoms with Crippen molar-refractivity contribution in [3.63, 3.8) is 0 Å². The summed E-state index contributed by atoms with van der Waals surface area (Å²) < 4.78 is 31.7. The lowest BCUT2D eigenvalue weighted by molar-refractivity contribution is 0.157. The number of carbonyl (C=O) groups is 1. The molecular formula is C10H19BrN2O4S. The maximum Gasteiger partial charge on any atom is 0.421 e. The minimum Gasteiger partial charge on any atom is -0.449 e. The van der Waals surface area contributed by atoms with E-state index in [4.69, 9.17) is 0 Å². The van der Waals surface area contributed by atoms with Gasteiger partial charge in [0.1, 0.15) is 0 Å². The monoisotopic (exact) mass is 342 g/mol. The predicted molar refractivity (Wildman–Crippen MR) is 71.8 cm³/mol. The molecule has 0 spiro atoms. The number of nitrogens with zero attached hydrogens (tertiary/aromatic N) is 1. The van der Waals surface area contributed by atoms with Crippen molar-refractivity contribution >= 4 is 32.2 Å². The van der Waals surface area contributed by atoms with Gasteiger partial charge < -0.3 is 4.74 Å². The van der Waals surface area contributed by atoms with Crippen molar-refractivity contribution in [1.82, 2.24) is 9.03 Å². The number of halogens is 1. The average Bonchev–Trinajstić information content (AvgIpc) is 2.29. The van der Waals surface area contributed by atoms with Gasteiger partial charge in [0.25, 0.3) is 0 Å². The third-order valence-corrected chi connectivity index (χ3v) is 4.72. The first-order valence-electron chi connectivity index (χ1n) is 6.00. The van der Waals surface area contributed by atoms with Crippen molar-refractivity contribution in [2.45, 2.75) is 26.2 Å². The van der Waals surface area contributed by atoms with Gasteiger partial charge in [-0.05, 0) is 32.1 Å². The van der Waals surface area contributed by atoms with Gasteiger partial charge in [0.15, 0.2) is 0 Å². The first kappa shape index (κ1) is 15.7. The Hall–Kier alpha value is -0.340. The molecule has 8 heteroatoms. The molecule has 0 aromatic rings. The van der Waals surface area contributed by atoms with Crippen molar-refractivity contribution in [2.75, 3.05) is 25.0 Å². The maximum atomic E-state index is 11.9. The fourth-order valence-electron chi connectivity index (χ4n) is 1.97. The van der Waals surface area contributed by atoms with Crippen LogP contribution >= 0.6 is 15.9 Å². The molecule has 18 heavy (non-hydrogen) atoms. The summed E-state index contributed by atoms with van der Waals surface area (Å²) in [6.07, 6.45) is 1.87. The summed E-state index contributed by atoms with van der Waals surface area (Å²) in [5.41, 5.74) is 0. The van der Waals surface area contributed by atoms with Crippen LogP contribution in [-0.2, 0) is 14.9 Å². The summed E-state index contributed by atoms with van der Waals surface area (Å²) in [5.74, 6) is 0.344. The minimum atomic E-state index is -3.76. The smallest absolute Gasteiger partial charge is 0.421 e. The number of piperidine rings is 1. The van der Waals surface area contributed by atoms with E-state index in [0.29, 0.717) is 19.0 Å². The molecule has 0 saturated carbocycles. The zero-order valence-corrected chi connectivity index (χ0v) is 12.8. The molecule has 1 unspecified atom stereocenters. The van der Waals surface area contributed by atoms with E-state index < -0.39 is 16.3 Å². The van der Waals surface area contributed by atoms with E-state index in [-0.39, 0.29) is 6.61 Å². The van der Waals surface area contributed by atoms with Crippen molar-refractivity contribution in [2.24, 2.45) is 5.92 Å². The van der Waals surface area contributed by atoms with Gasteiger partial charge in [0, 0.05) is 18.4 Å². The van der Waals surface area contributed by atoms with Crippen LogP contribution in [0.25, 0.3) is 0 Å². The first-order valence-corrected chi connectivity index (χ1v) is 8.56. The number of alkyl halides is 1. The van der Waals surface area contributed by atoms with Crippen LogP contribution in [0.1, 0.15) is 26.2 Å². The number of ether oxygens (including phenoxy) is 1. The lowest BCUT2D eigenvalue weighted by Crippen LogP contribution is -2.47. The van der Waals surface area contributed by atoms with Gasteiger partial charge >= 0.3 is 16.3 Å². The second-order valence-corrected chi connectivity index (χ2v) is 6.64. The molecule has 0 radical (unpaired) electrons. The topological polar surface area (TPSA) is 75.7 Å². The summed E-state index contributed by atoms with van der Waals surface area (Å²) >= 11 is 3.36. The second-order valence-electron chi connectivity index (χ2n) is 4.17. The molecule has 6 nitrogen and oxygen atoms in total. The Morgan fingerprint density at radius 1 is 1.56 bits per heavy atom. The summed E-state index contributed by atoms with van der Waals surface area (Å²) in [4.78, 5) is 11.2. The van der Waals surface area contributed by atoms with Gasteiger partial charge in [-0.1, -0.05) is 15.9 Å². The van der Waals surface area contributed by atoms with E-state index in [0.717, 1.165) is 24.6 Å². The molecule has 1 aliphatic rings. The zero-order chi connectivity index (χ0) is 13.6. The van der Waals surface area contributed by atoms with Crippen LogP contribution in [0.5, 0.6) is 0 Å². The predicted octanol–water partition coefficient (Wildman–Crippen LogP) is 1.47. The second kappa shape index (κ2) is 7.30. The number of amides is 1. The standard InChI is InChI=1S/C10H19BrN2O4S/c1-2-17-10(14)12-18(15,16)13-7-3-4-9(8-13)5-6-11/h9H,2-8H2,1H3,(H,12,14). The Morgan fingerprint density at radius 3 is 2.89 bits per heavy atom. The van der Waals surface area contributed by atoms with Crippen molar-refractivity contribution in [3.05, 3.63) is 0 Å². The Morgan fingerprint density at radius 2 is 2.28 bits per heavy atom. The van der Waals surface area contributed by atoms with E-state index in [1.807, 2.05) is 4.72 Å².